The summed E-state index contributed by atoms with van der Waals surface area (Å²) in [4.78, 5) is 0. The average Bonchev–Trinajstić information content (AvgIpc) is 2.73. The summed E-state index contributed by atoms with van der Waals surface area (Å²) >= 11 is 0. The molecule has 6 aliphatic carbocycles. The van der Waals surface area contributed by atoms with Gasteiger partial charge in [0.05, 0.1) is 0 Å². The van der Waals surface area contributed by atoms with E-state index < -0.39 is 0 Å². The molecule has 10 atom stereocenters. The Balaban J connectivity index is 1.39. The van der Waals surface area contributed by atoms with Crippen molar-refractivity contribution in [1.82, 2.24) is 0 Å². The predicted octanol–water partition coefficient (Wildman–Crippen LogP) is 7.47. The minimum absolute atomic E-state index is 1.15. The number of fused-ring (bicyclic) bond motifs is 10. The maximum atomic E-state index is 1.65. The molecule has 0 radical (unpaired) electrons. The molecule has 10 unspecified atom stereocenters. The lowest BCUT2D eigenvalue weighted by atomic mass is 9.41. The predicted molar refractivity (Wildman–Crippen MR) is 109 cm³/mol. The fourth-order valence-electron chi connectivity index (χ4n) is 10.4. The van der Waals surface area contributed by atoms with Gasteiger partial charge in [-0.25, -0.2) is 0 Å². The van der Waals surface area contributed by atoms with Crippen LogP contribution in [0.15, 0.2) is 0 Å². The Morgan fingerprint density at radius 1 is 0.269 bits per heavy atom. The first kappa shape index (κ1) is 16.9. The van der Waals surface area contributed by atoms with Crippen LogP contribution in [-0.4, -0.2) is 0 Å². The van der Waals surface area contributed by atoms with Crippen LogP contribution < -0.4 is 0 Å². The molecule has 146 valence electrons. The van der Waals surface area contributed by atoms with E-state index in [4.69, 9.17) is 0 Å². The fraction of sp³-hybridized carbons (Fsp3) is 1.00. The maximum Gasteiger partial charge on any atom is -0.0318 e. The van der Waals surface area contributed by atoms with Crippen LogP contribution in [0.3, 0.4) is 0 Å². The van der Waals surface area contributed by atoms with Gasteiger partial charge in [0.25, 0.3) is 0 Å². The second kappa shape index (κ2) is 6.81. The minimum atomic E-state index is 1.15. The van der Waals surface area contributed by atoms with E-state index in [1.807, 2.05) is 0 Å². The minimum Gasteiger partial charge on any atom is -0.0530 e. The lowest BCUT2D eigenvalue weighted by molar-refractivity contribution is -0.156. The quantitative estimate of drug-likeness (QED) is 0.423. The highest BCUT2D eigenvalue weighted by Gasteiger charge is 2.58. The summed E-state index contributed by atoms with van der Waals surface area (Å²) in [6.07, 6.45) is 25.7. The van der Waals surface area contributed by atoms with Crippen molar-refractivity contribution < 1.29 is 0 Å². The first-order chi connectivity index (χ1) is 12.9. The van der Waals surface area contributed by atoms with E-state index in [9.17, 15) is 0 Å². The van der Waals surface area contributed by atoms with Gasteiger partial charge in [-0.2, -0.15) is 0 Å². The maximum absolute atomic E-state index is 1.65. The molecule has 0 N–H and O–H groups in total. The van der Waals surface area contributed by atoms with E-state index in [0.29, 0.717) is 0 Å². The Bertz CT molecular complexity index is 462. The van der Waals surface area contributed by atoms with Gasteiger partial charge in [0.2, 0.25) is 0 Å². The van der Waals surface area contributed by atoms with Crippen molar-refractivity contribution >= 4 is 0 Å². The molecule has 6 fully saturated rings. The molecule has 0 aromatic rings. The number of rotatable bonds is 0. The van der Waals surface area contributed by atoms with Crippen LogP contribution in [-0.2, 0) is 0 Å². The first-order valence-electron chi connectivity index (χ1n) is 12.9. The Hall–Kier alpha value is 0. The zero-order valence-electron chi connectivity index (χ0n) is 17.1. The summed E-state index contributed by atoms with van der Waals surface area (Å²) in [6.45, 7) is 0. The highest BCUT2D eigenvalue weighted by Crippen LogP contribution is 2.66. The van der Waals surface area contributed by atoms with Gasteiger partial charge in [-0.3, -0.25) is 0 Å². The first-order valence-corrected chi connectivity index (χ1v) is 12.9. The van der Waals surface area contributed by atoms with Gasteiger partial charge in [-0.1, -0.05) is 51.4 Å². The summed E-state index contributed by atoms with van der Waals surface area (Å²) < 4.78 is 0. The smallest absolute Gasteiger partial charge is 0.0318 e. The van der Waals surface area contributed by atoms with Crippen molar-refractivity contribution in [2.24, 2.45) is 59.2 Å². The van der Waals surface area contributed by atoms with Crippen molar-refractivity contribution in [3.05, 3.63) is 0 Å². The summed E-state index contributed by atoms with van der Waals surface area (Å²) in [5.41, 5.74) is 0. The van der Waals surface area contributed by atoms with Crippen LogP contribution in [0.5, 0.6) is 0 Å². The number of hydrogen-bond acceptors (Lipinski definition) is 0. The van der Waals surface area contributed by atoms with Gasteiger partial charge in [0.1, 0.15) is 0 Å². The average molecular weight is 355 g/mol. The summed E-state index contributed by atoms with van der Waals surface area (Å²) in [7, 11) is 0. The largest absolute Gasteiger partial charge is 0.0530 e. The molecule has 6 saturated carbocycles. The molecule has 0 aromatic carbocycles. The van der Waals surface area contributed by atoms with Crippen molar-refractivity contribution in [3.8, 4) is 0 Å². The summed E-state index contributed by atoms with van der Waals surface area (Å²) in [6, 6.07) is 0. The van der Waals surface area contributed by atoms with Crippen LogP contribution >= 0.6 is 0 Å². The van der Waals surface area contributed by atoms with Gasteiger partial charge < -0.3 is 0 Å². The molecule has 0 saturated heterocycles. The van der Waals surface area contributed by atoms with Gasteiger partial charge in [-0.05, 0) is 111 Å². The Morgan fingerprint density at radius 3 is 1.12 bits per heavy atom. The number of hydrogen-bond donors (Lipinski definition) is 0. The van der Waals surface area contributed by atoms with E-state index in [1.165, 1.54) is 35.5 Å². The molecule has 6 rings (SSSR count). The van der Waals surface area contributed by atoms with Crippen LogP contribution in [0.1, 0.15) is 103 Å². The molecule has 0 spiro atoms. The SMILES string of the molecule is C1CCC2C(C1)CCC1C3CCCCC3C3CCC4CCCCC4C3C21. The summed E-state index contributed by atoms with van der Waals surface area (Å²) in [5.74, 6) is 11.7. The van der Waals surface area contributed by atoms with E-state index in [-0.39, 0.29) is 0 Å². The van der Waals surface area contributed by atoms with Gasteiger partial charge in [0.15, 0.2) is 0 Å². The third-order valence-corrected chi connectivity index (χ3v) is 11.1. The topological polar surface area (TPSA) is 0 Å². The van der Waals surface area contributed by atoms with Crippen LogP contribution in [0.25, 0.3) is 0 Å². The second-order valence-electron chi connectivity index (χ2n) is 11.7. The monoisotopic (exact) mass is 354 g/mol. The Labute approximate surface area is 162 Å². The highest BCUT2D eigenvalue weighted by atomic mass is 14.6. The van der Waals surface area contributed by atoms with Crippen molar-refractivity contribution in [3.63, 3.8) is 0 Å². The molecular weight excluding hydrogens is 312 g/mol. The van der Waals surface area contributed by atoms with Gasteiger partial charge >= 0.3 is 0 Å². The van der Waals surface area contributed by atoms with Crippen LogP contribution in [0.2, 0.25) is 0 Å². The molecule has 26 heavy (non-hydrogen) atoms. The molecule has 0 bridgehead atoms. The molecule has 0 aliphatic heterocycles. The molecule has 6 aliphatic rings. The van der Waals surface area contributed by atoms with Crippen molar-refractivity contribution in [2.75, 3.05) is 0 Å². The zero-order chi connectivity index (χ0) is 17.1. The summed E-state index contributed by atoms with van der Waals surface area (Å²) in [5, 5.41) is 0. The van der Waals surface area contributed by atoms with Crippen molar-refractivity contribution in [2.45, 2.75) is 103 Å². The van der Waals surface area contributed by atoms with Crippen molar-refractivity contribution in [1.29, 1.82) is 0 Å². The normalized spacial score (nSPS) is 56.3. The van der Waals surface area contributed by atoms with E-state index in [2.05, 4.69) is 0 Å². The van der Waals surface area contributed by atoms with E-state index >= 15 is 0 Å². The highest BCUT2D eigenvalue weighted by molar-refractivity contribution is 5.07. The molecule has 0 nitrogen and oxygen atoms in total. The van der Waals surface area contributed by atoms with Crippen LogP contribution in [0, 0.1) is 59.2 Å². The zero-order valence-corrected chi connectivity index (χ0v) is 17.1. The third kappa shape index (κ3) is 2.52. The third-order valence-electron chi connectivity index (χ3n) is 11.1. The van der Waals surface area contributed by atoms with E-state index in [0.717, 1.165) is 23.7 Å². The lowest BCUT2D eigenvalue weighted by Gasteiger charge is -2.64. The molecule has 0 heterocycles. The molecular formula is C26H42. The van der Waals surface area contributed by atoms with E-state index in [1.54, 1.807) is 103 Å². The van der Waals surface area contributed by atoms with Crippen LogP contribution in [0.4, 0.5) is 0 Å². The lowest BCUT2D eigenvalue weighted by Crippen LogP contribution is -2.57. The molecule has 0 heteroatoms. The fourth-order valence-corrected chi connectivity index (χ4v) is 10.4. The van der Waals surface area contributed by atoms with Gasteiger partial charge in [0, 0.05) is 0 Å². The molecule has 0 aromatic heterocycles. The Morgan fingerprint density at radius 2 is 0.654 bits per heavy atom. The second-order valence-corrected chi connectivity index (χ2v) is 11.7. The molecule has 0 amide bonds. The van der Waals surface area contributed by atoms with Gasteiger partial charge in [-0.15, -0.1) is 0 Å². The standard InChI is InChI=1S/C26H42/c1-3-9-19-17(7-1)13-15-23-21-11-5-6-12-22(21)24-16-14-18-8-2-4-10-20(18)26(24)25(19)23/h17-26H,1-16H2. The Kier molecular flexibility index (Phi) is 4.43.